The van der Waals surface area contributed by atoms with E-state index in [1.165, 1.54) is 24.5 Å². The first kappa shape index (κ1) is 17.9. The van der Waals surface area contributed by atoms with E-state index in [-0.39, 0.29) is 28.2 Å². The molecule has 10 heteroatoms. The van der Waals surface area contributed by atoms with E-state index in [4.69, 9.17) is 11.6 Å². The summed E-state index contributed by atoms with van der Waals surface area (Å²) in [5.41, 5.74) is 1.23. The lowest BCUT2D eigenvalue weighted by molar-refractivity contribution is -0.286. The molecule has 1 amide bonds. The Morgan fingerprint density at radius 3 is 2.66 bits per heavy atom. The SMILES string of the molecule is O=C(Nc1cnc(-c2cc3c(cc2Cl)OC(F)(F)O3)cn1)c1cccn1C1CC1. The molecule has 1 N–H and O–H groups in total. The van der Waals surface area contributed by atoms with Crippen LogP contribution in [0.3, 0.4) is 0 Å². The molecule has 2 aromatic heterocycles. The second kappa shape index (κ2) is 6.41. The first-order chi connectivity index (χ1) is 13.9. The predicted octanol–water partition coefficient (Wildman–Crippen LogP) is 4.51. The Labute approximate surface area is 168 Å². The van der Waals surface area contributed by atoms with Crippen LogP contribution in [-0.2, 0) is 0 Å². The van der Waals surface area contributed by atoms with Crippen LogP contribution in [0.4, 0.5) is 14.6 Å². The van der Waals surface area contributed by atoms with Crippen LogP contribution in [-0.4, -0.2) is 26.7 Å². The number of amides is 1. The van der Waals surface area contributed by atoms with Crippen molar-refractivity contribution in [1.29, 1.82) is 0 Å². The van der Waals surface area contributed by atoms with Crippen LogP contribution in [0, 0.1) is 0 Å². The lowest BCUT2D eigenvalue weighted by atomic mass is 10.1. The van der Waals surface area contributed by atoms with Crippen molar-refractivity contribution in [3.8, 4) is 22.8 Å². The van der Waals surface area contributed by atoms with Crippen LogP contribution < -0.4 is 14.8 Å². The summed E-state index contributed by atoms with van der Waals surface area (Å²) in [5, 5.41) is 2.85. The molecule has 1 aliphatic carbocycles. The van der Waals surface area contributed by atoms with Gasteiger partial charge in [0.1, 0.15) is 5.69 Å². The van der Waals surface area contributed by atoms with Gasteiger partial charge in [0.05, 0.1) is 23.1 Å². The highest BCUT2D eigenvalue weighted by Gasteiger charge is 2.44. The highest BCUT2D eigenvalue weighted by molar-refractivity contribution is 6.33. The third-order valence-corrected chi connectivity index (χ3v) is 4.92. The molecule has 7 nitrogen and oxygen atoms in total. The monoisotopic (exact) mass is 418 g/mol. The Hall–Kier alpha value is -3.20. The molecule has 0 unspecified atom stereocenters. The zero-order chi connectivity index (χ0) is 20.2. The Balaban J connectivity index is 1.36. The van der Waals surface area contributed by atoms with Crippen molar-refractivity contribution in [2.45, 2.75) is 25.2 Å². The van der Waals surface area contributed by atoms with E-state index in [9.17, 15) is 13.6 Å². The smallest absolute Gasteiger partial charge is 0.395 e. The highest BCUT2D eigenvalue weighted by Crippen LogP contribution is 2.45. The van der Waals surface area contributed by atoms with Crippen LogP contribution in [0.1, 0.15) is 29.4 Å². The van der Waals surface area contributed by atoms with E-state index in [0.717, 1.165) is 12.8 Å². The molecule has 1 aliphatic heterocycles. The van der Waals surface area contributed by atoms with E-state index in [0.29, 0.717) is 23.0 Å². The molecule has 0 bridgehead atoms. The largest absolute Gasteiger partial charge is 0.586 e. The summed E-state index contributed by atoms with van der Waals surface area (Å²) in [6.07, 6.45) is 3.02. The van der Waals surface area contributed by atoms with Crippen molar-refractivity contribution in [3.05, 3.63) is 53.6 Å². The molecule has 29 heavy (non-hydrogen) atoms. The molecule has 1 saturated carbocycles. The number of anilines is 1. The minimum Gasteiger partial charge on any atom is -0.395 e. The maximum absolute atomic E-state index is 13.2. The second-order valence-corrected chi connectivity index (χ2v) is 7.13. The minimum absolute atomic E-state index is 0.144. The molecule has 5 rings (SSSR count). The number of ether oxygens (including phenoxy) is 2. The molecule has 3 aromatic rings. The molecule has 1 aromatic carbocycles. The number of benzene rings is 1. The average molecular weight is 419 g/mol. The Morgan fingerprint density at radius 2 is 1.97 bits per heavy atom. The second-order valence-electron chi connectivity index (χ2n) is 6.72. The lowest BCUT2D eigenvalue weighted by Crippen LogP contribution is -2.25. The Bertz CT molecular complexity index is 1110. The summed E-state index contributed by atoms with van der Waals surface area (Å²) in [4.78, 5) is 20.9. The zero-order valence-electron chi connectivity index (χ0n) is 14.7. The van der Waals surface area contributed by atoms with E-state index < -0.39 is 6.29 Å². The number of hydrogen-bond donors (Lipinski definition) is 1. The summed E-state index contributed by atoms with van der Waals surface area (Å²) in [7, 11) is 0. The van der Waals surface area contributed by atoms with Gasteiger partial charge in [0.25, 0.3) is 5.91 Å². The number of nitrogens with zero attached hydrogens (tertiary/aromatic N) is 3. The first-order valence-corrected chi connectivity index (χ1v) is 9.17. The number of fused-ring (bicyclic) bond motifs is 1. The molecule has 0 atom stereocenters. The maximum Gasteiger partial charge on any atom is 0.586 e. The standard InChI is InChI=1S/C19H13ClF2N4O3/c20-12-7-16-15(28-19(21,22)29-16)6-11(12)13-8-24-17(9-23-13)25-18(27)14-2-1-5-26(14)10-3-4-10/h1-2,5-10H,3-4H2,(H,24,25,27). The van der Waals surface area contributed by atoms with Gasteiger partial charge >= 0.3 is 6.29 Å². The van der Waals surface area contributed by atoms with Gasteiger partial charge in [0, 0.05) is 23.9 Å². The third-order valence-electron chi connectivity index (χ3n) is 4.61. The summed E-state index contributed by atoms with van der Waals surface area (Å²) in [5.74, 6) is -0.327. The fourth-order valence-corrected chi connectivity index (χ4v) is 3.39. The van der Waals surface area contributed by atoms with Gasteiger partial charge in [-0.15, -0.1) is 8.78 Å². The Kier molecular flexibility index (Phi) is 3.95. The van der Waals surface area contributed by atoms with Gasteiger partial charge in [0.2, 0.25) is 0 Å². The van der Waals surface area contributed by atoms with Gasteiger partial charge in [-0.25, -0.2) is 4.98 Å². The number of aromatic nitrogens is 3. The van der Waals surface area contributed by atoms with Gasteiger partial charge in [-0.2, -0.15) is 0 Å². The molecular formula is C19H13ClF2N4O3. The minimum atomic E-state index is -3.73. The number of rotatable bonds is 4. The number of hydrogen-bond acceptors (Lipinski definition) is 5. The number of carbonyl (C=O) groups excluding carboxylic acids is 1. The van der Waals surface area contributed by atoms with Crippen LogP contribution in [0.25, 0.3) is 11.3 Å². The lowest BCUT2D eigenvalue weighted by Gasteiger charge is -2.09. The van der Waals surface area contributed by atoms with E-state index in [1.54, 1.807) is 6.07 Å². The summed E-state index contributed by atoms with van der Waals surface area (Å²) in [6.45, 7) is 0. The summed E-state index contributed by atoms with van der Waals surface area (Å²) < 4.78 is 37.2. The number of halogens is 3. The molecule has 0 radical (unpaired) electrons. The van der Waals surface area contributed by atoms with Crippen molar-refractivity contribution >= 4 is 23.3 Å². The molecule has 1 fully saturated rings. The van der Waals surface area contributed by atoms with Gasteiger partial charge < -0.3 is 19.4 Å². The molecule has 2 aliphatic rings. The fourth-order valence-electron chi connectivity index (χ4n) is 3.14. The van der Waals surface area contributed by atoms with Crippen molar-refractivity contribution in [1.82, 2.24) is 14.5 Å². The number of alkyl halides is 2. The normalized spacial score (nSPS) is 16.7. The molecule has 148 valence electrons. The van der Waals surface area contributed by atoms with Gasteiger partial charge in [-0.1, -0.05) is 11.6 Å². The van der Waals surface area contributed by atoms with Gasteiger partial charge in [-0.05, 0) is 31.0 Å². The summed E-state index contributed by atoms with van der Waals surface area (Å²) in [6, 6.07) is 6.49. The van der Waals surface area contributed by atoms with Crippen LogP contribution in [0.2, 0.25) is 5.02 Å². The predicted molar refractivity (Wildman–Crippen MR) is 99.3 cm³/mol. The zero-order valence-corrected chi connectivity index (χ0v) is 15.5. The number of nitrogens with one attached hydrogen (secondary N) is 1. The number of carbonyl (C=O) groups is 1. The van der Waals surface area contributed by atoms with Gasteiger partial charge in [-0.3, -0.25) is 9.78 Å². The average Bonchev–Trinajstić information content (AvgIpc) is 3.31. The van der Waals surface area contributed by atoms with E-state index in [2.05, 4.69) is 24.8 Å². The molecular weight excluding hydrogens is 406 g/mol. The van der Waals surface area contributed by atoms with Crippen LogP contribution in [0.15, 0.2) is 42.9 Å². The summed E-state index contributed by atoms with van der Waals surface area (Å²) >= 11 is 6.16. The van der Waals surface area contributed by atoms with Crippen molar-refractivity contribution in [3.63, 3.8) is 0 Å². The first-order valence-electron chi connectivity index (χ1n) is 8.80. The molecule has 0 saturated heterocycles. The third kappa shape index (κ3) is 3.38. The van der Waals surface area contributed by atoms with Crippen LogP contribution >= 0.6 is 11.6 Å². The molecule has 0 spiro atoms. The fraction of sp³-hybridized carbons (Fsp3) is 0.211. The van der Waals surface area contributed by atoms with E-state index in [1.807, 2.05) is 16.8 Å². The molecule has 3 heterocycles. The Morgan fingerprint density at radius 1 is 1.21 bits per heavy atom. The van der Waals surface area contributed by atoms with Crippen molar-refractivity contribution < 1.29 is 23.0 Å². The topological polar surface area (TPSA) is 78.3 Å². The van der Waals surface area contributed by atoms with Crippen LogP contribution in [0.5, 0.6) is 11.5 Å². The van der Waals surface area contributed by atoms with Crippen molar-refractivity contribution in [2.75, 3.05) is 5.32 Å². The maximum atomic E-state index is 13.2. The van der Waals surface area contributed by atoms with Gasteiger partial charge in [0.15, 0.2) is 17.3 Å². The quantitative estimate of drug-likeness (QED) is 0.674. The highest BCUT2D eigenvalue weighted by atomic mass is 35.5. The van der Waals surface area contributed by atoms with E-state index >= 15 is 0 Å². The van der Waals surface area contributed by atoms with Crippen molar-refractivity contribution in [2.24, 2.45) is 0 Å².